The zero-order chi connectivity index (χ0) is 14.5. The summed E-state index contributed by atoms with van der Waals surface area (Å²) in [5.41, 5.74) is 0.786. The van der Waals surface area contributed by atoms with Gasteiger partial charge in [0.15, 0.2) is 10.8 Å². The van der Waals surface area contributed by atoms with E-state index in [1.807, 2.05) is 31.4 Å². The van der Waals surface area contributed by atoms with Crippen molar-refractivity contribution in [3.05, 3.63) is 29.5 Å². The molecule has 108 valence electrons. The Morgan fingerprint density at radius 1 is 1.55 bits per heavy atom. The van der Waals surface area contributed by atoms with Crippen molar-refractivity contribution in [3.63, 3.8) is 0 Å². The first-order valence-corrected chi connectivity index (χ1v) is 7.37. The highest BCUT2D eigenvalue weighted by Crippen LogP contribution is 2.23. The first kappa shape index (κ1) is 14.7. The average molecular weight is 294 g/mol. The van der Waals surface area contributed by atoms with Crippen LogP contribution in [0.2, 0.25) is 0 Å². The minimum absolute atomic E-state index is 0.0746. The van der Waals surface area contributed by atoms with Gasteiger partial charge in [0.1, 0.15) is 0 Å². The van der Waals surface area contributed by atoms with E-state index in [1.54, 1.807) is 6.26 Å². The summed E-state index contributed by atoms with van der Waals surface area (Å²) >= 11 is 1.47. The number of aromatic nitrogens is 1. The summed E-state index contributed by atoms with van der Waals surface area (Å²) in [5, 5.41) is 15.1. The Balaban J connectivity index is 1.84. The van der Waals surface area contributed by atoms with Gasteiger partial charge < -0.3 is 14.8 Å². The van der Waals surface area contributed by atoms with Gasteiger partial charge in [0.2, 0.25) is 5.91 Å². The van der Waals surface area contributed by atoms with Crippen molar-refractivity contribution in [2.75, 3.05) is 0 Å². The summed E-state index contributed by atoms with van der Waals surface area (Å²) in [4.78, 5) is 16.0. The van der Waals surface area contributed by atoms with E-state index in [0.717, 1.165) is 16.5 Å². The second-order valence-corrected chi connectivity index (χ2v) is 5.77. The Labute approximate surface area is 121 Å². The lowest BCUT2D eigenvalue weighted by Crippen LogP contribution is -2.29. The fraction of sp³-hybridized carbons (Fsp3) is 0.429. The molecule has 1 amide bonds. The molecule has 2 aromatic heterocycles. The van der Waals surface area contributed by atoms with Crippen LogP contribution in [0, 0.1) is 5.92 Å². The van der Waals surface area contributed by atoms with Gasteiger partial charge in [0.05, 0.1) is 31.0 Å². The molecule has 2 heterocycles. The first-order valence-electron chi connectivity index (χ1n) is 6.49. The van der Waals surface area contributed by atoms with Gasteiger partial charge in [-0.25, -0.2) is 4.98 Å². The summed E-state index contributed by atoms with van der Waals surface area (Å²) in [7, 11) is 0. The molecule has 0 aliphatic carbocycles. The number of aliphatic hydroxyl groups is 1. The van der Waals surface area contributed by atoms with E-state index in [0.29, 0.717) is 6.54 Å². The first-order chi connectivity index (χ1) is 9.56. The van der Waals surface area contributed by atoms with Crippen LogP contribution in [0.15, 0.2) is 28.2 Å². The number of hydrogen-bond donors (Lipinski definition) is 2. The molecule has 2 N–H and O–H groups in total. The number of carbonyl (C=O) groups is 1. The number of hydrogen-bond acceptors (Lipinski definition) is 5. The van der Waals surface area contributed by atoms with E-state index in [1.165, 1.54) is 11.3 Å². The number of carbonyl (C=O) groups excluding carboxylic acids is 1. The number of thiazole rings is 1. The number of aliphatic hydroxyl groups excluding tert-OH is 1. The molecule has 0 aromatic carbocycles. The molecule has 1 atom stereocenters. The van der Waals surface area contributed by atoms with Crippen LogP contribution in [0.5, 0.6) is 0 Å². The molecule has 2 rings (SSSR count). The van der Waals surface area contributed by atoms with E-state index in [-0.39, 0.29) is 18.2 Å². The van der Waals surface area contributed by atoms with E-state index in [2.05, 4.69) is 10.3 Å². The van der Waals surface area contributed by atoms with Crippen molar-refractivity contribution in [2.24, 2.45) is 5.92 Å². The molecule has 0 saturated heterocycles. The van der Waals surface area contributed by atoms with Crippen LogP contribution in [-0.2, 0) is 11.3 Å². The zero-order valence-corrected chi connectivity index (χ0v) is 12.3. The molecule has 0 bridgehead atoms. The average Bonchev–Trinajstić information content (AvgIpc) is 3.07. The van der Waals surface area contributed by atoms with Crippen molar-refractivity contribution >= 4 is 17.2 Å². The van der Waals surface area contributed by atoms with Crippen LogP contribution in [0.3, 0.4) is 0 Å². The van der Waals surface area contributed by atoms with E-state index in [4.69, 9.17) is 4.42 Å². The summed E-state index contributed by atoms with van der Waals surface area (Å²) in [6.07, 6.45) is 1.11. The molecule has 2 aromatic rings. The standard InChI is InChI=1S/C14H18N2O3S/c1-9(2)11(17)6-13(18)15-7-10-8-20-14(16-10)12-4-3-5-19-12/h3-5,8-9,11,17H,6-7H2,1-2H3,(H,15,18). The molecule has 1 unspecified atom stereocenters. The monoisotopic (exact) mass is 294 g/mol. The summed E-state index contributed by atoms with van der Waals surface area (Å²) in [6, 6.07) is 3.66. The molecule has 0 aliphatic heterocycles. The van der Waals surface area contributed by atoms with Gasteiger partial charge in [0, 0.05) is 5.38 Å². The topological polar surface area (TPSA) is 75.4 Å². The third-order valence-corrected chi connectivity index (χ3v) is 3.82. The highest BCUT2D eigenvalue weighted by atomic mass is 32.1. The van der Waals surface area contributed by atoms with Gasteiger partial charge in [-0.15, -0.1) is 11.3 Å². The van der Waals surface area contributed by atoms with Crippen LogP contribution in [0.1, 0.15) is 26.0 Å². The van der Waals surface area contributed by atoms with Crippen LogP contribution in [-0.4, -0.2) is 22.1 Å². The molecule has 0 aliphatic rings. The normalized spacial score (nSPS) is 12.6. The predicted octanol–water partition coefficient (Wildman–Crippen LogP) is 2.43. The van der Waals surface area contributed by atoms with Crippen molar-refractivity contribution in [1.82, 2.24) is 10.3 Å². The SMILES string of the molecule is CC(C)C(O)CC(=O)NCc1csc(-c2ccco2)n1. The molecule has 0 spiro atoms. The van der Waals surface area contributed by atoms with Crippen molar-refractivity contribution < 1.29 is 14.3 Å². The maximum absolute atomic E-state index is 11.7. The Morgan fingerprint density at radius 3 is 3.00 bits per heavy atom. The van der Waals surface area contributed by atoms with Crippen LogP contribution in [0.4, 0.5) is 0 Å². The molecule has 6 heteroatoms. The van der Waals surface area contributed by atoms with Crippen molar-refractivity contribution in [3.8, 4) is 10.8 Å². The van der Waals surface area contributed by atoms with Gasteiger partial charge in [-0.1, -0.05) is 13.8 Å². The van der Waals surface area contributed by atoms with Gasteiger partial charge in [0.25, 0.3) is 0 Å². The lowest BCUT2D eigenvalue weighted by atomic mass is 10.0. The number of rotatable bonds is 6. The highest BCUT2D eigenvalue weighted by molar-refractivity contribution is 7.13. The molecular formula is C14H18N2O3S. The van der Waals surface area contributed by atoms with Crippen LogP contribution < -0.4 is 5.32 Å². The number of nitrogens with one attached hydrogen (secondary N) is 1. The molecular weight excluding hydrogens is 276 g/mol. The van der Waals surface area contributed by atoms with Gasteiger partial charge in [-0.2, -0.15) is 0 Å². The molecule has 0 fully saturated rings. The quantitative estimate of drug-likeness (QED) is 0.858. The molecule has 0 radical (unpaired) electrons. The minimum Gasteiger partial charge on any atom is -0.462 e. The second-order valence-electron chi connectivity index (χ2n) is 4.91. The van der Waals surface area contributed by atoms with Gasteiger partial charge in [-0.3, -0.25) is 4.79 Å². The summed E-state index contributed by atoms with van der Waals surface area (Å²) in [6.45, 7) is 4.13. The summed E-state index contributed by atoms with van der Waals surface area (Å²) in [5.74, 6) is 0.632. The van der Waals surface area contributed by atoms with E-state index < -0.39 is 6.10 Å². The molecule has 20 heavy (non-hydrogen) atoms. The van der Waals surface area contributed by atoms with Gasteiger partial charge >= 0.3 is 0 Å². The van der Waals surface area contributed by atoms with E-state index >= 15 is 0 Å². The van der Waals surface area contributed by atoms with Crippen molar-refractivity contribution in [1.29, 1.82) is 0 Å². The molecule has 0 saturated carbocycles. The second kappa shape index (κ2) is 6.67. The number of amides is 1. The van der Waals surface area contributed by atoms with Gasteiger partial charge in [-0.05, 0) is 18.1 Å². The lowest BCUT2D eigenvalue weighted by Gasteiger charge is -2.13. The maximum atomic E-state index is 11.7. The van der Waals surface area contributed by atoms with E-state index in [9.17, 15) is 9.90 Å². The fourth-order valence-electron chi connectivity index (χ4n) is 1.59. The Hall–Kier alpha value is -1.66. The summed E-state index contributed by atoms with van der Waals surface area (Å²) < 4.78 is 5.26. The predicted molar refractivity (Wildman–Crippen MR) is 77.1 cm³/mol. The zero-order valence-electron chi connectivity index (χ0n) is 11.5. The largest absolute Gasteiger partial charge is 0.462 e. The lowest BCUT2D eigenvalue weighted by molar-refractivity contribution is -0.123. The minimum atomic E-state index is -0.607. The number of furan rings is 1. The Kier molecular flexibility index (Phi) is 4.92. The third kappa shape index (κ3) is 3.91. The van der Waals surface area contributed by atoms with Crippen LogP contribution in [0.25, 0.3) is 10.8 Å². The number of nitrogens with zero attached hydrogens (tertiary/aromatic N) is 1. The van der Waals surface area contributed by atoms with Crippen LogP contribution >= 0.6 is 11.3 Å². The van der Waals surface area contributed by atoms with Crippen molar-refractivity contribution in [2.45, 2.75) is 32.9 Å². The smallest absolute Gasteiger partial charge is 0.222 e. The third-order valence-electron chi connectivity index (χ3n) is 2.91. The fourth-order valence-corrected chi connectivity index (χ4v) is 2.37. The molecule has 5 nitrogen and oxygen atoms in total. The Bertz CT molecular complexity index is 549. The highest BCUT2D eigenvalue weighted by Gasteiger charge is 2.14. The Morgan fingerprint density at radius 2 is 2.35 bits per heavy atom. The maximum Gasteiger partial charge on any atom is 0.222 e.